The molecule has 0 bridgehead atoms. The molecule has 7 nitrogen and oxygen atoms in total. The maximum Gasteiger partial charge on any atom is 0.257 e. The van der Waals surface area contributed by atoms with Gasteiger partial charge in [-0.05, 0) is 44.1 Å². The Morgan fingerprint density at radius 1 is 1.19 bits per heavy atom. The van der Waals surface area contributed by atoms with E-state index in [4.69, 9.17) is 13.7 Å². The number of carbonyl (C=O) groups excluding carboxylic acids is 1. The van der Waals surface area contributed by atoms with Gasteiger partial charge in [0, 0.05) is 38.6 Å². The van der Waals surface area contributed by atoms with Crippen LogP contribution in [0.25, 0.3) is 0 Å². The van der Waals surface area contributed by atoms with Crippen LogP contribution in [0.4, 0.5) is 0 Å². The average molecular weight is 359 g/mol. The summed E-state index contributed by atoms with van der Waals surface area (Å²) in [5.74, 6) is 2.60. The molecule has 0 aliphatic carbocycles. The van der Waals surface area contributed by atoms with Crippen LogP contribution < -0.4 is 0 Å². The molecule has 2 saturated heterocycles. The Kier molecular flexibility index (Phi) is 5.34. The molecule has 26 heavy (non-hydrogen) atoms. The molecular weight excluding hydrogens is 334 g/mol. The van der Waals surface area contributed by atoms with Crippen molar-refractivity contribution in [1.29, 1.82) is 0 Å². The second-order valence-electron chi connectivity index (χ2n) is 7.22. The quantitative estimate of drug-likeness (QED) is 0.816. The zero-order valence-electron chi connectivity index (χ0n) is 14.9. The van der Waals surface area contributed by atoms with Crippen molar-refractivity contribution in [2.75, 3.05) is 26.3 Å². The van der Waals surface area contributed by atoms with Crippen molar-refractivity contribution in [2.45, 2.75) is 44.4 Å². The van der Waals surface area contributed by atoms with Crippen molar-refractivity contribution in [2.24, 2.45) is 5.92 Å². The highest BCUT2D eigenvalue weighted by molar-refractivity contribution is 5.93. The van der Waals surface area contributed by atoms with E-state index < -0.39 is 0 Å². The zero-order valence-corrected chi connectivity index (χ0v) is 14.9. The first-order valence-corrected chi connectivity index (χ1v) is 9.51. The molecule has 0 radical (unpaired) electrons. The second kappa shape index (κ2) is 8.03. The highest BCUT2D eigenvalue weighted by atomic mass is 16.5. The lowest BCUT2D eigenvalue weighted by molar-refractivity contribution is 0.0686. The van der Waals surface area contributed by atoms with Crippen LogP contribution in [-0.2, 0) is 11.2 Å². The smallest absolute Gasteiger partial charge is 0.257 e. The molecule has 140 valence electrons. The predicted molar refractivity (Wildman–Crippen MR) is 92.7 cm³/mol. The predicted octanol–water partition coefficient (Wildman–Crippen LogP) is 3.04. The van der Waals surface area contributed by atoms with Crippen molar-refractivity contribution in [1.82, 2.24) is 15.0 Å². The summed E-state index contributed by atoms with van der Waals surface area (Å²) in [6.07, 6.45) is 8.91. The Hall–Kier alpha value is -2.15. The van der Waals surface area contributed by atoms with Crippen LogP contribution >= 0.6 is 0 Å². The number of hydrogen-bond donors (Lipinski definition) is 0. The van der Waals surface area contributed by atoms with Crippen molar-refractivity contribution >= 4 is 5.91 Å². The van der Waals surface area contributed by atoms with Crippen LogP contribution in [0.15, 0.2) is 27.5 Å². The number of amides is 1. The van der Waals surface area contributed by atoms with Crippen LogP contribution in [0.5, 0.6) is 0 Å². The fraction of sp³-hybridized carbons (Fsp3) is 0.632. The molecule has 0 saturated carbocycles. The van der Waals surface area contributed by atoms with Crippen LogP contribution in [0.2, 0.25) is 0 Å². The maximum atomic E-state index is 12.3. The van der Waals surface area contributed by atoms with Crippen LogP contribution in [0.3, 0.4) is 0 Å². The molecule has 2 fully saturated rings. The van der Waals surface area contributed by atoms with Gasteiger partial charge in [-0.2, -0.15) is 4.98 Å². The zero-order chi connectivity index (χ0) is 17.8. The van der Waals surface area contributed by atoms with Gasteiger partial charge >= 0.3 is 0 Å². The summed E-state index contributed by atoms with van der Waals surface area (Å²) in [6, 6.07) is 1.72. The van der Waals surface area contributed by atoms with E-state index in [9.17, 15) is 4.79 Å². The minimum atomic E-state index is 0.0662. The third-order valence-electron chi connectivity index (χ3n) is 5.50. The third-order valence-corrected chi connectivity index (χ3v) is 5.50. The van der Waals surface area contributed by atoms with Gasteiger partial charge < -0.3 is 18.6 Å². The molecule has 0 spiro atoms. The lowest BCUT2D eigenvalue weighted by Gasteiger charge is -2.31. The number of rotatable bonds is 5. The number of ether oxygens (including phenoxy) is 1. The minimum absolute atomic E-state index is 0.0662. The molecule has 0 N–H and O–H groups in total. The van der Waals surface area contributed by atoms with Gasteiger partial charge in [-0.3, -0.25) is 4.79 Å². The maximum absolute atomic E-state index is 12.3. The Balaban J connectivity index is 1.22. The minimum Gasteiger partial charge on any atom is -0.472 e. The third kappa shape index (κ3) is 3.98. The monoisotopic (exact) mass is 359 g/mol. The van der Waals surface area contributed by atoms with Gasteiger partial charge in [0.1, 0.15) is 6.26 Å². The molecule has 4 rings (SSSR count). The summed E-state index contributed by atoms with van der Waals surface area (Å²) < 4.78 is 15.8. The van der Waals surface area contributed by atoms with Gasteiger partial charge in [0.2, 0.25) is 5.89 Å². The lowest BCUT2D eigenvalue weighted by Crippen LogP contribution is -2.38. The molecular formula is C19H25N3O4. The molecule has 7 heteroatoms. The highest BCUT2D eigenvalue weighted by Crippen LogP contribution is 2.27. The first-order chi connectivity index (χ1) is 12.8. The number of furan rings is 1. The molecule has 2 aromatic rings. The number of likely N-dealkylation sites (tertiary alicyclic amines) is 1. The lowest BCUT2D eigenvalue weighted by atomic mass is 9.92. The normalized spacial score (nSPS) is 19.8. The Labute approximate surface area is 152 Å². The van der Waals surface area contributed by atoms with Crippen molar-refractivity contribution < 1.29 is 18.5 Å². The summed E-state index contributed by atoms with van der Waals surface area (Å²) >= 11 is 0. The summed E-state index contributed by atoms with van der Waals surface area (Å²) in [7, 11) is 0. The average Bonchev–Trinajstić information content (AvgIpc) is 3.39. The van der Waals surface area contributed by atoms with Crippen LogP contribution in [0.1, 0.15) is 60.1 Å². The van der Waals surface area contributed by atoms with Crippen LogP contribution in [-0.4, -0.2) is 47.3 Å². The van der Waals surface area contributed by atoms with Gasteiger partial charge in [0.05, 0.1) is 11.8 Å². The number of aromatic nitrogens is 2. The topological polar surface area (TPSA) is 81.6 Å². The Morgan fingerprint density at radius 3 is 2.73 bits per heavy atom. The fourth-order valence-electron chi connectivity index (χ4n) is 3.81. The van der Waals surface area contributed by atoms with Gasteiger partial charge in [0.15, 0.2) is 5.82 Å². The van der Waals surface area contributed by atoms with Gasteiger partial charge in [-0.1, -0.05) is 5.16 Å². The Bertz CT molecular complexity index is 698. The molecule has 4 heterocycles. The van der Waals surface area contributed by atoms with Crippen molar-refractivity contribution in [3.8, 4) is 0 Å². The Morgan fingerprint density at radius 2 is 2.00 bits per heavy atom. The highest BCUT2D eigenvalue weighted by Gasteiger charge is 2.25. The van der Waals surface area contributed by atoms with Gasteiger partial charge in [-0.15, -0.1) is 0 Å². The van der Waals surface area contributed by atoms with E-state index in [1.165, 1.54) is 6.26 Å². The largest absolute Gasteiger partial charge is 0.472 e. The van der Waals surface area contributed by atoms with E-state index in [0.29, 0.717) is 17.4 Å². The first kappa shape index (κ1) is 17.3. The van der Waals surface area contributed by atoms with Crippen molar-refractivity contribution in [3.63, 3.8) is 0 Å². The van der Waals surface area contributed by atoms with Crippen LogP contribution in [0, 0.1) is 5.92 Å². The molecule has 0 unspecified atom stereocenters. The van der Waals surface area contributed by atoms with E-state index in [1.807, 2.05) is 4.90 Å². The summed E-state index contributed by atoms with van der Waals surface area (Å²) in [5.41, 5.74) is 0.635. The SMILES string of the molecule is O=C(c1ccoc1)N1CCC(CCc2noc(C3CCOCC3)n2)CC1. The number of carbonyl (C=O) groups is 1. The number of nitrogens with zero attached hydrogens (tertiary/aromatic N) is 3. The van der Waals surface area contributed by atoms with Crippen molar-refractivity contribution in [3.05, 3.63) is 35.9 Å². The molecule has 0 aromatic carbocycles. The molecule has 2 aliphatic rings. The number of aryl methyl sites for hydroxylation is 1. The molecule has 1 amide bonds. The molecule has 2 aromatic heterocycles. The second-order valence-corrected chi connectivity index (χ2v) is 7.22. The summed E-state index contributed by atoms with van der Waals surface area (Å²) in [5, 5.41) is 4.15. The van der Waals surface area contributed by atoms with E-state index in [0.717, 1.165) is 76.5 Å². The number of hydrogen-bond acceptors (Lipinski definition) is 6. The summed E-state index contributed by atoms with van der Waals surface area (Å²) in [6.45, 7) is 3.15. The summed E-state index contributed by atoms with van der Waals surface area (Å²) in [4.78, 5) is 18.8. The van der Waals surface area contributed by atoms with Gasteiger partial charge in [0.25, 0.3) is 5.91 Å². The van der Waals surface area contributed by atoms with E-state index in [2.05, 4.69) is 10.1 Å². The van der Waals surface area contributed by atoms with E-state index in [1.54, 1.807) is 12.3 Å². The number of piperidine rings is 1. The van der Waals surface area contributed by atoms with E-state index in [-0.39, 0.29) is 5.91 Å². The first-order valence-electron chi connectivity index (χ1n) is 9.51. The standard InChI is InChI=1S/C19H25N3O4/c23-19(16-7-12-25-13-16)22-8-3-14(4-9-22)1-2-17-20-18(26-21-17)15-5-10-24-11-6-15/h7,12-15H,1-6,8-11H2. The molecule has 0 atom stereocenters. The fourth-order valence-corrected chi connectivity index (χ4v) is 3.81. The van der Waals surface area contributed by atoms with Gasteiger partial charge in [-0.25, -0.2) is 0 Å². The molecule has 2 aliphatic heterocycles. The van der Waals surface area contributed by atoms with E-state index >= 15 is 0 Å².